The summed E-state index contributed by atoms with van der Waals surface area (Å²) in [4.78, 5) is 5.20. The third-order valence-electron chi connectivity index (χ3n) is 8.82. The molecule has 0 atom stereocenters. The van der Waals surface area contributed by atoms with Crippen molar-refractivity contribution in [3.05, 3.63) is 137 Å². The molecule has 0 amide bonds. The van der Waals surface area contributed by atoms with E-state index in [9.17, 15) is 5.26 Å². The number of fused-ring (bicyclic) bond motifs is 6. The van der Waals surface area contributed by atoms with E-state index in [1.165, 1.54) is 43.8 Å². The number of aryl methyl sites for hydroxylation is 4. The fourth-order valence-electron chi connectivity index (χ4n) is 6.68. The third-order valence-corrected chi connectivity index (χ3v) is 8.82. The smallest absolute Gasteiger partial charge is 0.138 e. The molecule has 0 aliphatic rings. The summed E-state index contributed by atoms with van der Waals surface area (Å²) in [5.41, 5.74) is 13.1. The number of benzene rings is 5. The van der Waals surface area contributed by atoms with Crippen LogP contribution in [-0.2, 0) is 0 Å². The summed E-state index contributed by atoms with van der Waals surface area (Å²) in [6.45, 7) is 8.55. The molecule has 8 aromatic rings. The zero-order valence-electron chi connectivity index (χ0n) is 25.2. The van der Waals surface area contributed by atoms with Crippen molar-refractivity contribution in [1.82, 2.24) is 14.1 Å². The predicted octanol–water partition coefficient (Wildman–Crippen LogP) is 10.0. The van der Waals surface area contributed by atoms with Gasteiger partial charge in [0, 0.05) is 27.1 Å². The number of nitriles is 1. The van der Waals surface area contributed by atoms with Crippen LogP contribution in [0.1, 0.15) is 27.8 Å². The Balaban J connectivity index is 1.49. The van der Waals surface area contributed by atoms with E-state index >= 15 is 0 Å². The van der Waals surface area contributed by atoms with Crippen LogP contribution in [0.2, 0.25) is 0 Å². The highest BCUT2D eigenvalue weighted by molar-refractivity contribution is 6.11. The van der Waals surface area contributed by atoms with E-state index in [4.69, 9.17) is 4.98 Å². The molecule has 44 heavy (non-hydrogen) atoms. The minimum atomic E-state index is 0.640. The van der Waals surface area contributed by atoms with Gasteiger partial charge in [-0.3, -0.25) is 4.57 Å². The van der Waals surface area contributed by atoms with Gasteiger partial charge in [-0.05, 0) is 98.0 Å². The molecule has 4 heteroatoms. The van der Waals surface area contributed by atoms with Gasteiger partial charge in [0.05, 0.1) is 45.6 Å². The molecule has 0 bridgehead atoms. The van der Waals surface area contributed by atoms with Crippen molar-refractivity contribution in [3.63, 3.8) is 0 Å². The lowest BCUT2D eigenvalue weighted by atomic mass is 10.0. The van der Waals surface area contributed by atoms with E-state index in [0.717, 1.165) is 44.7 Å². The molecule has 0 saturated heterocycles. The van der Waals surface area contributed by atoms with E-state index < -0.39 is 0 Å². The minimum Gasteiger partial charge on any atom is -0.307 e. The molecule has 210 valence electrons. The molecule has 0 N–H and O–H groups in total. The van der Waals surface area contributed by atoms with Crippen LogP contribution in [-0.4, -0.2) is 14.1 Å². The lowest BCUT2D eigenvalue weighted by Gasteiger charge is -2.17. The Morgan fingerprint density at radius 1 is 0.523 bits per heavy atom. The van der Waals surface area contributed by atoms with Gasteiger partial charge < -0.3 is 4.57 Å². The van der Waals surface area contributed by atoms with Gasteiger partial charge in [-0.1, -0.05) is 60.7 Å². The highest BCUT2D eigenvalue weighted by atomic mass is 15.1. The SMILES string of the molecule is Cc1ccc2c3ccc(C)cc3n(-c3cc(-c4ccc(C#N)cc4)c(-n4c5cc(C)ccc5c5ccc(C)cc54)cn3)c2c1. The Bertz CT molecular complexity index is 2370. The van der Waals surface area contributed by atoms with E-state index in [1.54, 1.807) is 0 Å². The van der Waals surface area contributed by atoms with Crippen LogP contribution in [0.15, 0.2) is 109 Å². The first-order chi connectivity index (χ1) is 21.4. The van der Waals surface area contributed by atoms with Crippen LogP contribution < -0.4 is 0 Å². The summed E-state index contributed by atoms with van der Waals surface area (Å²) in [5.74, 6) is 0.859. The first-order valence-corrected chi connectivity index (χ1v) is 14.9. The lowest BCUT2D eigenvalue weighted by Crippen LogP contribution is -2.03. The molecule has 3 aromatic heterocycles. The molecule has 8 rings (SSSR count). The first kappa shape index (κ1) is 26.0. The molecular weight excluding hydrogens is 536 g/mol. The van der Waals surface area contributed by atoms with E-state index in [-0.39, 0.29) is 0 Å². The van der Waals surface area contributed by atoms with Gasteiger partial charge in [-0.25, -0.2) is 4.98 Å². The topological polar surface area (TPSA) is 46.5 Å². The van der Waals surface area contributed by atoms with Crippen molar-refractivity contribution in [1.29, 1.82) is 5.26 Å². The summed E-state index contributed by atoms with van der Waals surface area (Å²) < 4.78 is 4.65. The van der Waals surface area contributed by atoms with Gasteiger partial charge in [-0.2, -0.15) is 5.26 Å². The molecule has 4 nitrogen and oxygen atoms in total. The van der Waals surface area contributed by atoms with E-state index in [1.807, 2.05) is 30.5 Å². The van der Waals surface area contributed by atoms with Crippen LogP contribution in [0.25, 0.3) is 66.2 Å². The molecule has 0 aliphatic carbocycles. The van der Waals surface area contributed by atoms with E-state index in [0.29, 0.717) is 5.56 Å². The average molecular weight is 567 g/mol. The summed E-state index contributed by atoms with van der Waals surface area (Å²) in [6, 6.07) is 39.0. The second-order valence-corrected chi connectivity index (χ2v) is 12.0. The highest BCUT2D eigenvalue weighted by Gasteiger charge is 2.20. The Morgan fingerprint density at radius 2 is 0.955 bits per heavy atom. The van der Waals surface area contributed by atoms with Crippen LogP contribution in [0, 0.1) is 39.0 Å². The maximum atomic E-state index is 9.54. The summed E-state index contributed by atoms with van der Waals surface area (Å²) in [5, 5.41) is 14.4. The predicted molar refractivity (Wildman–Crippen MR) is 182 cm³/mol. The van der Waals surface area contributed by atoms with Crippen molar-refractivity contribution in [2.45, 2.75) is 27.7 Å². The number of hydrogen-bond donors (Lipinski definition) is 0. The van der Waals surface area contributed by atoms with Crippen LogP contribution in [0.4, 0.5) is 0 Å². The Morgan fingerprint density at radius 3 is 1.39 bits per heavy atom. The second kappa shape index (κ2) is 9.69. The molecule has 0 unspecified atom stereocenters. The number of nitrogens with zero attached hydrogens (tertiary/aromatic N) is 4. The lowest BCUT2D eigenvalue weighted by molar-refractivity contribution is 1.05. The van der Waals surface area contributed by atoms with Crippen molar-refractivity contribution < 1.29 is 0 Å². The molecule has 0 saturated carbocycles. The van der Waals surface area contributed by atoms with Crippen molar-refractivity contribution in [2.75, 3.05) is 0 Å². The van der Waals surface area contributed by atoms with Gasteiger partial charge in [0.1, 0.15) is 5.82 Å². The quantitative estimate of drug-likeness (QED) is 0.214. The normalized spacial score (nSPS) is 11.6. The molecule has 0 spiro atoms. The zero-order valence-corrected chi connectivity index (χ0v) is 25.2. The summed E-state index contributed by atoms with van der Waals surface area (Å²) in [6.07, 6.45) is 2.02. The van der Waals surface area contributed by atoms with Gasteiger partial charge >= 0.3 is 0 Å². The van der Waals surface area contributed by atoms with Crippen molar-refractivity contribution in [3.8, 4) is 28.7 Å². The Labute approximate surface area is 256 Å². The van der Waals surface area contributed by atoms with Gasteiger partial charge in [-0.15, -0.1) is 0 Å². The monoisotopic (exact) mass is 566 g/mol. The number of pyridine rings is 1. The van der Waals surface area contributed by atoms with Gasteiger partial charge in [0.15, 0.2) is 0 Å². The van der Waals surface area contributed by atoms with Gasteiger partial charge in [0.2, 0.25) is 0 Å². The van der Waals surface area contributed by atoms with Gasteiger partial charge in [0.25, 0.3) is 0 Å². The Kier molecular flexibility index (Phi) is 5.73. The Hall–Kier alpha value is -5.66. The fourth-order valence-corrected chi connectivity index (χ4v) is 6.68. The largest absolute Gasteiger partial charge is 0.307 e. The molecule has 0 radical (unpaired) electrons. The van der Waals surface area contributed by atoms with Crippen LogP contribution in [0.3, 0.4) is 0 Å². The van der Waals surface area contributed by atoms with Crippen molar-refractivity contribution >= 4 is 43.6 Å². The number of aromatic nitrogens is 3. The fraction of sp³-hybridized carbons (Fsp3) is 0.100. The van der Waals surface area contributed by atoms with E-state index in [2.05, 4.69) is 122 Å². The summed E-state index contributed by atoms with van der Waals surface area (Å²) in [7, 11) is 0. The number of rotatable bonds is 3. The van der Waals surface area contributed by atoms with Crippen LogP contribution in [0.5, 0.6) is 0 Å². The molecular formula is C40H30N4. The summed E-state index contributed by atoms with van der Waals surface area (Å²) >= 11 is 0. The molecule has 0 aliphatic heterocycles. The number of hydrogen-bond acceptors (Lipinski definition) is 2. The average Bonchev–Trinajstić information content (AvgIpc) is 3.51. The highest BCUT2D eigenvalue weighted by Crippen LogP contribution is 2.39. The maximum Gasteiger partial charge on any atom is 0.138 e. The second-order valence-electron chi connectivity index (χ2n) is 12.0. The minimum absolute atomic E-state index is 0.640. The standard InChI is InChI=1S/C40H30N4/c1-24-5-13-30-31-14-6-25(2)18-36(31)43(35(30)17-24)39-23-42-40(21-34(39)29-11-9-28(22-41)10-12-29)44-37-19-26(3)7-15-32(37)33-16-8-27(4)20-38(33)44/h5-21,23H,1-4H3. The zero-order chi connectivity index (χ0) is 30.1. The van der Waals surface area contributed by atoms with Crippen LogP contribution >= 0.6 is 0 Å². The molecule has 0 fully saturated rings. The first-order valence-electron chi connectivity index (χ1n) is 14.9. The third kappa shape index (κ3) is 3.94. The molecule has 3 heterocycles. The van der Waals surface area contributed by atoms with Crippen molar-refractivity contribution in [2.24, 2.45) is 0 Å². The molecule has 5 aromatic carbocycles. The maximum absolute atomic E-state index is 9.54.